The van der Waals surface area contributed by atoms with Gasteiger partial charge in [0.05, 0.1) is 12.5 Å². The number of hydrogen-bond acceptors (Lipinski definition) is 6. The molecule has 0 spiro atoms. The lowest BCUT2D eigenvalue weighted by atomic mass is 9.82. The molecule has 1 saturated heterocycles. The Labute approximate surface area is 195 Å². The molecule has 1 aliphatic heterocycles. The largest absolute Gasteiger partial charge is 0.465 e. The smallest absolute Gasteiger partial charge is 0.308 e. The van der Waals surface area contributed by atoms with Gasteiger partial charge < -0.3 is 10.1 Å². The van der Waals surface area contributed by atoms with Crippen molar-refractivity contribution in [3.05, 3.63) is 34.8 Å². The Morgan fingerprint density at radius 1 is 1.03 bits per heavy atom. The molecule has 31 heavy (non-hydrogen) atoms. The fourth-order valence-corrected chi connectivity index (χ4v) is 5.53. The molecule has 1 aliphatic carbocycles. The number of aromatic nitrogens is 2. The molecular formula is C24H34ClN3O2S. The van der Waals surface area contributed by atoms with E-state index in [1.54, 1.807) is 11.3 Å². The molecule has 1 N–H and O–H groups in total. The molecule has 1 aromatic carbocycles. The summed E-state index contributed by atoms with van der Waals surface area (Å²) in [5, 5.41) is 14.5. The third kappa shape index (κ3) is 6.27. The second-order valence-electron chi connectivity index (χ2n) is 9.16. The number of rotatable bonds is 6. The predicted molar refractivity (Wildman–Crippen MR) is 128 cm³/mol. The van der Waals surface area contributed by atoms with E-state index in [2.05, 4.69) is 53.6 Å². The number of carbonyl (C=O) groups is 1. The second-order valence-corrected chi connectivity index (χ2v) is 10.2. The average molecular weight is 464 g/mol. The minimum Gasteiger partial charge on any atom is -0.465 e. The Balaban J connectivity index is 0.00000272. The van der Waals surface area contributed by atoms with Crippen LogP contribution >= 0.6 is 23.7 Å². The van der Waals surface area contributed by atoms with Crippen LogP contribution in [0.1, 0.15) is 74.8 Å². The van der Waals surface area contributed by atoms with Gasteiger partial charge in [-0.15, -0.1) is 22.6 Å². The highest BCUT2D eigenvalue weighted by Crippen LogP contribution is 2.39. The van der Waals surface area contributed by atoms with E-state index >= 15 is 0 Å². The van der Waals surface area contributed by atoms with Crippen molar-refractivity contribution < 1.29 is 9.53 Å². The number of benzene rings is 1. The molecule has 2 fully saturated rings. The summed E-state index contributed by atoms with van der Waals surface area (Å²) < 4.78 is 5.43. The van der Waals surface area contributed by atoms with Crippen molar-refractivity contribution in [1.82, 2.24) is 15.5 Å². The number of halogens is 1. The van der Waals surface area contributed by atoms with Crippen LogP contribution in [0.3, 0.4) is 0 Å². The zero-order valence-corrected chi connectivity index (χ0v) is 20.1. The molecule has 0 radical (unpaired) electrons. The maximum atomic E-state index is 12.2. The molecule has 1 saturated carbocycles. The Morgan fingerprint density at radius 2 is 1.71 bits per heavy atom. The molecule has 2 aliphatic rings. The second kappa shape index (κ2) is 11.4. The summed E-state index contributed by atoms with van der Waals surface area (Å²) in [5.74, 6) is 1.51. The fourth-order valence-electron chi connectivity index (χ4n) is 4.51. The summed E-state index contributed by atoms with van der Waals surface area (Å²) in [6.07, 6.45) is 6.20. The van der Waals surface area contributed by atoms with E-state index in [1.807, 2.05) is 0 Å². The fraction of sp³-hybridized carbons (Fsp3) is 0.625. The van der Waals surface area contributed by atoms with Crippen molar-refractivity contribution in [2.45, 2.75) is 64.2 Å². The zero-order chi connectivity index (χ0) is 20.9. The Morgan fingerprint density at radius 3 is 2.35 bits per heavy atom. The summed E-state index contributed by atoms with van der Waals surface area (Å²) in [7, 11) is 0. The summed E-state index contributed by atoms with van der Waals surface area (Å²) >= 11 is 1.71. The van der Waals surface area contributed by atoms with Crippen LogP contribution in [0.4, 0.5) is 0 Å². The van der Waals surface area contributed by atoms with Crippen molar-refractivity contribution in [1.29, 1.82) is 0 Å². The maximum absolute atomic E-state index is 12.2. The lowest BCUT2D eigenvalue weighted by molar-refractivity contribution is -0.150. The van der Waals surface area contributed by atoms with E-state index in [1.165, 1.54) is 18.4 Å². The van der Waals surface area contributed by atoms with Gasteiger partial charge in [-0.2, -0.15) is 0 Å². The van der Waals surface area contributed by atoms with Gasteiger partial charge in [-0.3, -0.25) is 4.79 Å². The molecule has 0 atom stereocenters. The number of ether oxygens (including phenoxy) is 1. The number of carbonyl (C=O) groups excluding carboxylic acids is 1. The highest BCUT2D eigenvalue weighted by atomic mass is 35.5. The summed E-state index contributed by atoms with van der Waals surface area (Å²) in [4.78, 5) is 12.2. The number of hydrogen-bond donors (Lipinski definition) is 1. The van der Waals surface area contributed by atoms with Crippen LogP contribution in [0, 0.1) is 11.8 Å². The van der Waals surface area contributed by atoms with Gasteiger partial charge in [0, 0.05) is 11.5 Å². The summed E-state index contributed by atoms with van der Waals surface area (Å²) in [5.41, 5.74) is 2.59. The first-order valence-corrected chi connectivity index (χ1v) is 12.2. The first-order valence-electron chi connectivity index (χ1n) is 11.4. The van der Waals surface area contributed by atoms with Crippen LogP contribution < -0.4 is 5.32 Å². The van der Waals surface area contributed by atoms with Crippen molar-refractivity contribution in [2.24, 2.45) is 11.8 Å². The van der Waals surface area contributed by atoms with Gasteiger partial charge >= 0.3 is 5.97 Å². The van der Waals surface area contributed by atoms with Crippen LogP contribution in [0.15, 0.2) is 24.3 Å². The maximum Gasteiger partial charge on any atom is 0.308 e. The Kier molecular flexibility index (Phi) is 8.87. The monoisotopic (exact) mass is 463 g/mol. The summed E-state index contributed by atoms with van der Waals surface area (Å²) in [6.45, 7) is 6.89. The van der Waals surface area contributed by atoms with Gasteiger partial charge in [-0.1, -0.05) is 49.4 Å². The van der Waals surface area contributed by atoms with Crippen molar-refractivity contribution in [2.75, 3.05) is 19.7 Å². The molecule has 2 aromatic rings. The van der Waals surface area contributed by atoms with E-state index in [4.69, 9.17) is 4.74 Å². The van der Waals surface area contributed by atoms with Crippen molar-refractivity contribution >= 4 is 29.7 Å². The normalized spacial score (nSPS) is 22.2. The number of esters is 1. The topological polar surface area (TPSA) is 64.1 Å². The predicted octanol–water partition coefficient (Wildman–Crippen LogP) is 5.57. The van der Waals surface area contributed by atoms with Crippen molar-refractivity contribution in [3.63, 3.8) is 0 Å². The lowest BCUT2D eigenvalue weighted by Gasteiger charge is -2.25. The SMILES string of the molecule is CC(C)COC(=O)C1CCC(c2nnc(-c3ccc(C4CCNCC4)cc3)s2)CC1.Cl. The van der Waals surface area contributed by atoms with E-state index in [0.29, 0.717) is 24.4 Å². The Hall–Kier alpha value is -1.50. The lowest BCUT2D eigenvalue weighted by Crippen LogP contribution is -2.26. The van der Waals surface area contributed by atoms with Gasteiger partial charge in [-0.25, -0.2) is 0 Å². The Bertz CT molecular complexity index is 826. The minimum atomic E-state index is -0.0195. The molecular weight excluding hydrogens is 430 g/mol. The zero-order valence-electron chi connectivity index (χ0n) is 18.5. The highest BCUT2D eigenvalue weighted by Gasteiger charge is 2.30. The third-order valence-electron chi connectivity index (χ3n) is 6.38. The van der Waals surface area contributed by atoms with E-state index in [-0.39, 0.29) is 24.3 Å². The van der Waals surface area contributed by atoms with Crippen LogP contribution in [-0.2, 0) is 9.53 Å². The van der Waals surface area contributed by atoms with Gasteiger partial charge in [-0.05, 0) is 69.0 Å². The van der Waals surface area contributed by atoms with Gasteiger partial charge in [0.1, 0.15) is 10.0 Å². The molecule has 4 rings (SSSR count). The van der Waals surface area contributed by atoms with Crippen LogP contribution in [0.25, 0.3) is 10.6 Å². The van der Waals surface area contributed by atoms with Crippen LogP contribution in [0.5, 0.6) is 0 Å². The molecule has 0 amide bonds. The summed E-state index contributed by atoms with van der Waals surface area (Å²) in [6, 6.07) is 8.92. The standard InChI is InChI=1S/C24H33N3O2S.ClH/c1-16(2)15-29-24(28)21-9-7-20(8-10-21)23-27-26-22(30-23)19-5-3-17(4-6-19)18-11-13-25-14-12-18;/h3-6,16,18,20-21,25H,7-15H2,1-2H3;1H. The van der Waals surface area contributed by atoms with Crippen molar-refractivity contribution in [3.8, 4) is 10.6 Å². The number of nitrogens with zero attached hydrogens (tertiary/aromatic N) is 2. The van der Waals surface area contributed by atoms with Crippen LogP contribution in [0.2, 0.25) is 0 Å². The molecule has 0 unspecified atom stereocenters. The molecule has 0 bridgehead atoms. The first kappa shape index (κ1) is 24.1. The van der Waals surface area contributed by atoms with Gasteiger partial charge in [0.2, 0.25) is 0 Å². The van der Waals surface area contributed by atoms with Gasteiger partial charge in [0.15, 0.2) is 0 Å². The van der Waals surface area contributed by atoms with E-state index < -0.39 is 0 Å². The van der Waals surface area contributed by atoms with E-state index in [9.17, 15) is 4.79 Å². The van der Waals surface area contributed by atoms with Gasteiger partial charge in [0.25, 0.3) is 0 Å². The third-order valence-corrected chi connectivity index (χ3v) is 7.51. The first-order chi connectivity index (χ1) is 14.6. The molecule has 1 aromatic heterocycles. The molecule has 7 heteroatoms. The minimum absolute atomic E-state index is 0. The molecule has 170 valence electrons. The average Bonchev–Trinajstić information content (AvgIpc) is 3.28. The quantitative estimate of drug-likeness (QED) is 0.567. The van der Waals surface area contributed by atoms with E-state index in [0.717, 1.165) is 54.4 Å². The number of nitrogens with one attached hydrogen (secondary N) is 1. The number of piperidine rings is 1. The molecule has 5 nitrogen and oxygen atoms in total. The van der Waals surface area contributed by atoms with Crippen LogP contribution in [-0.4, -0.2) is 35.9 Å². The molecule has 2 heterocycles. The highest BCUT2D eigenvalue weighted by molar-refractivity contribution is 7.14.